The maximum absolute atomic E-state index is 10.9. The number of hydrogen-bond acceptors (Lipinski definition) is 3. The number of amides is 1. The fourth-order valence-corrected chi connectivity index (χ4v) is 1.79. The fraction of sp³-hybridized carbons (Fsp3) is 0. The number of primary amides is 1. The van der Waals surface area contributed by atoms with E-state index in [0.29, 0.717) is 5.56 Å². The van der Waals surface area contributed by atoms with Crippen molar-refractivity contribution in [3.8, 4) is 0 Å². The van der Waals surface area contributed by atoms with Crippen LogP contribution in [0.25, 0.3) is 6.08 Å². The number of nitrogens with zero attached hydrogens (tertiary/aromatic N) is 1. The summed E-state index contributed by atoms with van der Waals surface area (Å²) in [7, 11) is 0. The summed E-state index contributed by atoms with van der Waals surface area (Å²) < 4.78 is 4.08. The summed E-state index contributed by atoms with van der Waals surface area (Å²) in [5.41, 5.74) is 6.68. The molecule has 1 aliphatic rings. The third-order valence-corrected chi connectivity index (χ3v) is 2.66. The van der Waals surface area contributed by atoms with Gasteiger partial charge in [-0.1, -0.05) is 6.08 Å². The van der Waals surface area contributed by atoms with E-state index in [2.05, 4.69) is 4.40 Å². The summed E-state index contributed by atoms with van der Waals surface area (Å²) in [5, 5.41) is 0. The van der Waals surface area contributed by atoms with E-state index in [1.807, 2.05) is 18.2 Å². The van der Waals surface area contributed by atoms with Crippen LogP contribution < -0.4 is 5.73 Å². The predicted octanol–water partition coefficient (Wildman–Crippen LogP) is 2.73. The lowest BCUT2D eigenvalue weighted by atomic mass is 10.1. The maximum atomic E-state index is 10.9. The van der Waals surface area contributed by atoms with E-state index >= 15 is 0 Å². The van der Waals surface area contributed by atoms with Crippen LogP contribution >= 0.6 is 36.8 Å². The highest BCUT2D eigenvalue weighted by atomic mass is 35.5. The van der Waals surface area contributed by atoms with E-state index in [1.165, 1.54) is 11.9 Å². The number of carbonyl (C=O) groups excluding carboxylic acids is 1. The Morgan fingerprint density at radius 2 is 2.06 bits per heavy atom. The van der Waals surface area contributed by atoms with Crippen molar-refractivity contribution < 1.29 is 4.79 Å². The molecule has 16 heavy (non-hydrogen) atoms. The number of carbonyl (C=O) groups is 1. The molecule has 1 heterocycles. The molecule has 86 valence electrons. The molecule has 0 aliphatic carbocycles. The standard InChI is InChI=1S/C10H8N2OS.2ClH/c11-10(13)8-3-4-9-7(6-8)2-1-5-12-14-9;;/h1-6H,(H2,11,13);2*1H. The monoisotopic (exact) mass is 276 g/mol. The first-order valence-corrected chi connectivity index (χ1v) is 4.85. The largest absolute Gasteiger partial charge is 0.366 e. The maximum Gasteiger partial charge on any atom is 0.248 e. The van der Waals surface area contributed by atoms with Gasteiger partial charge >= 0.3 is 0 Å². The summed E-state index contributed by atoms with van der Waals surface area (Å²) in [6.07, 6.45) is 5.46. The topological polar surface area (TPSA) is 55.5 Å². The van der Waals surface area contributed by atoms with Crippen molar-refractivity contribution >= 4 is 55.0 Å². The number of benzene rings is 1. The second-order valence-corrected chi connectivity index (χ2v) is 3.65. The van der Waals surface area contributed by atoms with Crippen LogP contribution in [-0.2, 0) is 0 Å². The van der Waals surface area contributed by atoms with E-state index < -0.39 is 5.91 Å². The van der Waals surface area contributed by atoms with Crippen LogP contribution in [0.5, 0.6) is 0 Å². The molecule has 0 unspecified atom stereocenters. The molecule has 2 N–H and O–H groups in total. The smallest absolute Gasteiger partial charge is 0.248 e. The molecule has 0 saturated carbocycles. The summed E-state index contributed by atoms with van der Waals surface area (Å²) >= 11 is 1.38. The van der Waals surface area contributed by atoms with Gasteiger partial charge in [0.2, 0.25) is 5.91 Å². The van der Waals surface area contributed by atoms with Gasteiger partial charge in [-0.05, 0) is 29.8 Å². The molecular weight excluding hydrogens is 267 g/mol. The van der Waals surface area contributed by atoms with Gasteiger partial charge in [0, 0.05) is 28.6 Å². The first-order valence-electron chi connectivity index (χ1n) is 4.08. The van der Waals surface area contributed by atoms with E-state index in [1.54, 1.807) is 18.3 Å². The van der Waals surface area contributed by atoms with Crippen molar-refractivity contribution in [3.63, 3.8) is 0 Å². The molecule has 0 radical (unpaired) electrons. The predicted molar refractivity (Wildman–Crippen MR) is 72.8 cm³/mol. The number of halogens is 2. The van der Waals surface area contributed by atoms with Gasteiger partial charge in [0.25, 0.3) is 0 Å². The third-order valence-electron chi connectivity index (χ3n) is 1.87. The summed E-state index contributed by atoms with van der Waals surface area (Å²) in [6.45, 7) is 0. The van der Waals surface area contributed by atoms with Gasteiger partial charge in [0.15, 0.2) is 0 Å². The van der Waals surface area contributed by atoms with Gasteiger partial charge in [-0.15, -0.1) is 24.8 Å². The van der Waals surface area contributed by atoms with Crippen molar-refractivity contribution in [1.29, 1.82) is 0 Å². The van der Waals surface area contributed by atoms with Crippen LogP contribution in [0.15, 0.2) is 33.6 Å². The Kier molecular flexibility index (Phi) is 6.18. The Balaban J connectivity index is 0.00000112. The van der Waals surface area contributed by atoms with Crippen LogP contribution in [0.4, 0.5) is 0 Å². The molecule has 0 spiro atoms. The molecule has 0 fully saturated rings. The molecule has 0 bridgehead atoms. The molecule has 3 nitrogen and oxygen atoms in total. The third kappa shape index (κ3) is 3.27. The summed E-state index contributed by atoms with van der Waals surface area (Å²) in [4.78, 5) is 12.0. The van der Waals surface area contributed by atoms with E-state index in [-0.39, 0.29) is 24.8 Å². The highest BCUT2D eigenvalue weighted by Crippen LogP contribution is 2.27. The Bertz CT molecular complexity index is 446. The van der Waals surface area contributed by atoms with Crippen LogP contribution in [0.1, 0.15) is 15.9 Å². The Hall–Kier alpha value is -0.970. The fourth-order valence-electron chi connectivity index (χ4n) is 1.18. The molecular formula is C10H10Cl2N2OS. The zero-order valence-electron chi connectivity index (χ0n) is 8.12. The first kappa shape index (κ1) is 15.0. The molecule has 1 aromatic carbocycles. The number of fused-ring (bicyclic) bond motifs is 1. The molecule has 6 heteroatoms. The minimum absolute atomic E-state index is 0. The van der Waals surface area contributed by atoms with Crippen LogP contribution in [0.2, 0.25) is 0 Å². The minimum atomic E-state index is -0.406. The minimum Gasteiger partial charge on any atom is -0.366 e. The quantitative estimate of drug-likeness (QED) is 0.802. The van der Waals surface area contributed by atoms with Gasteiger partial charge in [0.1, 0.15) is 0 Å². The van der Waals surface area contributed by atoms with Crippen molar-refractivity contribution in [2.24, 2.45) is 10.1 Å². The Morgan fingerprint density at radius 3 is 2.75 bits per heavy atom. The molecule has 1 amide bonds. The normalized spacial score (nSPS) is 11.8. The van der Waals surface area contributed by atoms with Gasteiger partial charge in [0.05, 0.1) is 0 Å². The summed E-state index contributed by atoms with van der Waals surface area (Å²) in [6, 6.07) is 5.34. The van der Waals surface area contributed by atoms with E-state index in [9.17, 15) is 4.79 Å². The van der Waals surface area contributed by atoms with E-state index in [0.717, 1.165) is 10.5 Å². The number of rotatable bonds is 1. The van der Waals surface area contributed by atoms with Gasteiger partial charge < -0.3 is 5.73 Å². The van der Waals surface area contributed by atoms with Gasteiger partial charge in [-0.3, -0.25) is 4.79 Å². The van der Waals surface area contributed by atoms with Crippen molar-refractivity contribution in [2.75, 3.05) is 0 Å². The van der Waals surface area contributed by atoms with Crippen LogP contribution in [0, 0.1) is 0 Å². The van der Waals surface area contributed by atoms with Crippen molar-refractivity contribution in [1.82, 2.24) is 0 Å². The molecule has 0 saturated heterocycles. The van der Waals surface area contributed by atoms with Crippen molar-refractivity contribution in [2.45, 2.75) is 4.90 Å². The lowest BCUT2D eigenvalue weighted by Gasteiger charge is -2.02. The highest BCUT2D eigenvalue weighted by Gasteiger charge is 2.06. The molecule has 1 aliphatic heterocycles. The lowest BCUT2D eigenvalue weighted by Crippen LogP contribution is -2.10. The van der Waals surface area contributed by atoms with Crippen molar-refractivity contribution in [3.05, 3.63) is 35.4 Å². The lowest BCUT2D eigenvalue weighted by molar-refractivity contribution is 0.1000. The molecule has 0 aromatic heterocycles. The number of allylic oxidation sites excluding steroid dienone is 1. The first-order chi connectivity index (χ1) is 6.77. The highest BCUT2D eigenvalue weighted by molar-refractivity contribution is 7.98. The van der Waals surface area contributed by atoms with Crippen LogP contribution in [-0.4, -0.2) is 12.1 Å². The second kappa shape index (κ2) is 6.58. The zero-order valence-corrected chi connectivity index (χ0v) is 10.6. The molecule has 2 rings (SSSR count). The van der Waals surface area contributed by atoms with Gasteiger partial charge in [-0.2, -0.15) is 0 Å². The summed E-state index contributed by atoms with van der Waals surface area (Å²) in [5.74, 6) is -0.406. The van der Waals surface area contributed by atoms with Gasteiger partial charge in [-0.25, -0.2) is 4.40 Å². The number of nitrogens with two attached hydrogens (primary N) is 1. The Labute approximate surface area is 110 Å². The second-order valence-electron chi connectivity index (χ2n) is 2.82. The zero-order chi connectivity index (χ0) is 9.97. The molecule has 1 aromatic rings. The average Bonchev–Trinajstić information content (AvgIpc) is 2.41. The number of hydrogen-bond donors (Lipinski definition) is 1. The SMILES string of the molecule is Cl.Cl.NC(=O)c1ccc2c(c1)C=CC=NS2. The van der Waals surface area contributed by atoms with E-state index in [4.69, 9.17) is 5.73 Å². The van der Waals surface area contributed by atoms with Crippen LogP contribution in [0.3, 0.4) is 0 Å². The molecule has 0 atom stereocenters. The average molecular weight is 277 g/mol. The Morgan fingerprint density at radius 1 is 1.31 bits per heavy atom.